The summed E-state index contributed by atoms with van der Waals surface area (Å²) < 4.78 is 3.09. The summed E-state index contributed by atoms with van der Waals surface area (Å²) in [5, 5.41) is 4.09. The van der Waals surface area contributed by atoms with Gasteiger partial charge in [0.15, 0.2) is 0 Å². The predicted octanol–water partition coefficient (Wildman–Crippen LogP) is 0.455. The number of nitrogens with one attached hydrogen (secondary N) is 1. The highest BCUT2D eigenvalue weighted by Crippen LogP contribution is 2.02. The van der Waals surface area contributed by atoms with Crippen molar-refractivity contribution in [1.29, 1.82) is 0 Å². The van der Waals surface area contributed by atoms with Gasteiger partial charge >= 0.3 is 5.69 Å². The van der Waals surface area contributed by atoms with E-state index in [1.54, 1.807) is 10.9 Å². The number of halogens is 1. The monoisotopic (exact) mass is 254 g/mol. The van der Waals surface area contributed by atoms with E-state index in [1.807, 2.05) is 13.1 Å². The molecule has 0 bridgehead atoms. The van der Waals surface area contributed by atoms with Crippen LogP contribution in [-0.4, -0.2) is 19.3 Å². The number of aromatic amines is 1. The van der Waals surface area contributed by atoms with Gasteiger partial charge in [0.1, 0.15) is 5.02 Å². The molecular formula is C10H11ClN4O2. The lowest BCUT2D eigenvalue weighted by molar-refractivity contribution is 0.657. The Morgan fingerprint density at radius 1 is 1.41 bits per heavy atom. The van der Waals surface area contributed by atoms with Crippen LogP contribution in [0.1, 0.15) is 12.5 Å². The van der Waals surface area contributed by atoms with E-state index < -0.39 is 11.2 Å². The summed E-state index contributed by atoms with van der Waals surface area (Å²) in [6.45, 7) is 3.07. The van der Waals surface area contributed by atoms with Gasteiger partial charge in [0, 0.05) is 24.5 Å². The number of aryl methyl sites for hydroxylation is 1. The van der Waals surface area contributed by atoms with Gasteiger partial charge in [0.25, 0.3) is 5.56 Å². The Balaban J connectivity index is 2.33. The van der Waals surface area contributed by atoms with Crippen molar-refractivity contribution in [2.24, 2.45) is 0 Å². The second-order valence-corrected chi connectivity index (χ2v) is 3.98. The molecule has 0 saturated heterocycles. The molecule has 0 aliphatic rings. The van der Waals surface area contributed by atoms with Crippen LogP contribution in [0.25, 0.3) is 0 Å². The molecule has 0 radical (unpaired) electrons. The summed E-state index contributed by atoms with van der Waals surface area (Å²) in [4.78, 5) is 24.7. The summed E-state index contributed by atoms with van der Waals surface area (Å²) in [6, 6.07) is 0. The van der Waals surface area contributed by atoms with E-state index in [-0.39, 0.29) is 5.02 Å². The minimum atomic E-state index is -0.572. The molecule has 0 aliphatic carbocycles. The van der Waals surface area contributed by atoms with E-state index >= 15 is 0 Å². The lowest BCUT2D eigenvalue weighted by Crippen LogP contribution is -2.29. The van der Waals surface area contributed by atoms with Crippen LogP contribution in [0.15, 0.2) is 28.2 Å². The molecule has 0 fully saturated rings. The zero-order chi connectivity index (χ0) is 12.4. The Hall–Kier alpha value is -1.82. The van der Waals surface area contributed by atoms with E-state index in [4.69, 9.17) is 11.6 Å². The smallest absolute Gasteiger partial charge is 0.295 e. The molecule has 0 spiro atoms. The van der Waals surface area contributed by atoms with Gasteiger partial charge in [-0.3, -0.25) is 19.0 Å². The maximum absolute atomic E-state index is 11.5. The van der Waals surface area contributed by atoms with Gasteiger partial charge < -0.3 is 0 Å². The number of nitrogens with zero attached hydrogens (tertiary/aromatic N) is 3. The molecule has 0 saturated carbocycles. The van der Waals surface area contributed by atoms with Crippen LogP contribution in [0.4, 0.5) is 0 Å². The highest BCUT2D eigenvalue weighted by molar-refractivity contribution is 6.30. The molecule has 2 aromatic rings. The molecule has 90 valence electrons. The SMILES string of the molecule is CCn1cc(Cn2cc(Cl)c(=O)[nH]c2=O)cn1. The summed E-state index contributed by atoms with van der Waals surface area (Å²) in [7, 11) is 0. The van der Waals surface area contributed by atoms with E-state index in [0.717, 1.165) is 12.1 Å². The molecule has 2 heterocycles. The lowest BCUT2D eigenvalue weighted by Gasteiger charge is -2.02. The third-order valence-corrected chi connectivity index (χ3v) is 2.60. The van der Waals surface area contributed by atoms with Crippen molar-refractivity contribution in [2.75, 3.05) is 0 Å². The maximum Gasteiger partial charge on any atom is 0.328 e. The van der Waals surface area contributed by atoms with Gasteiger partial charge in [-0.1, -0.05) is 11.6 Å². The molecule has 2 aromatic heterocycles. The highest BCUT2D eigenvalue weighted by Gasteiger charge is 2.04. The van der Waals surface area contributed by atoms with Crippen molar-refractivity contribution in [3.63, 3.8) is 0 Å². The van der Waals surface area contributed by atoms with Crippen molar-refractivity contribution >= 4 is 11.6 Å². The van der Waals surface area contributed by atoms with Crippen molar-refractivity contribution in [3.8, 4) is 0 Å². The van der Waals surface area contributed by atoms with Gasteiger partial charge in [-0.15, -0.1) is 0 Å². The largest absolute Gasteiger partial charge is 0.328 e. The molecule has 0 aliphatic heterocycles. The van der Waals surface area contributed by atoms with Crippen molar-refractivity contribution < 1.29 is 0 Å². The Morgan fingerprint density at radius 3 is 2.82 bits per heavy atom. The maximum atomic E-state index is 11.5. The first-order valence-electron chi connectivity index (χ1n) is 5.10. The molecule has 0 atom stereocenters. The lowest BCUT2D eigenvalue weighted by atomic mass is 10.3. The number of H-pyrrole nitrogens is 1. The summed E-state index contributed by atoms with van der Waals surface area (Å²) in [6.07, 6.45) is 4.84. The van der Waals surface area contributed by atoms with Crippen LogP contribution in [0.5, 0.6) is 0 Å². The highest BCUT2D eigenvalue weighted by atomic mass is 35.5. The van der Waals surface area contributed by atoms with Crippen LogP contribution in [-0.2, 0) is 13.1 Å². The number of hydrogen-bond donors (Lipinski definition) is 1. The molecule has 7 heteroatoms. The topological polar surface area (TPSA) is 72.7 Å². The Kier molecular flexibility index (Phi) is 3.14. The van der Waals surface area contributed by atoms with Crippen LogP contribution in [0, 0.1) is 0 Å². The molecule has 6 nitrogen and oxygen atoms in total. The second kappa shape index (κ2) is 4.58. The normalized spacial score (nSPS) is 10.7. The first kappa shape index (κ1) is 11.7. The zero-order valence-corrected chi connectivity index (χ0v) is 9.94. The summed E-state index contributed by atoms with van der Waals surface area (Å²) >= 11 is 5.66. The second-order valence-electron chi connectivity index (χ2n) is 3.57. The molecule has 17 heavy (non-hydrogen) atoms. The fourth-order valence-electron chi connectivity index (χ4n) is 1.46. The number of aromatic nitrogens is 4. The minimum absolute atomic E-state index is 0.00696. The first-order chi connectivity index (χ1) is 8.10. The van der Waals surface area contributed by atoms with E-state index in [9.17, 15) is 9.59 Å². The van der Waals surface area contributed by atoms with Crippen molar-refractivity contribution in [3.05, 3.63) is 50.0 Å². The fourth-order valence-corrected chi connectivity index (χ4v) is 1.62. The van der Waals surface area contributed by atoms with Gasteiger partial charge in [0.05, 0.1) is 12.7 Å². The Morgan fingerprint density at radius 2 is 2.18 bits per heavy atom. The Labute approximate surface area is 101 Å². The standard InChI is InChI=1S/C10H11ClN4O2/c1-2-15-5-7(3-12-15)4-14-6-8(11)9(16)13-10(14)17/h3,5-6H,2,4H2,1H3,(H,13,16,17). The molecule has 1 N–H and O–H groups in total. The molecule has 0 amide bonds. The van der Waals surface area contributed by atoms with Crippen LogP contribution >= 0.6 is 11.6 Å². The third-order valence-electron chi connectivity index (χ3n) is 2.33. The molecule has 0 unspecified atom stereocenters. The van der Waals surface area contributed by atoms with Gasteiger partial charge in [-0.25, -0.2) is 4.79 Å². The van der Waals surface area contributed by atoms with Crippen LogP contribution < -0.4 is 11.2 Å². The van der Waals surface area contributed by atoms with E-state index in [2.05, 4.69) is 10.1 Å². The third kappa shape index (κ3) is 2.47. The first-order valence-corrected chi connectivity index (χ1v) is 5.48. The quantitative estimate of drug-likeness (QED) is 0.865. The van der Waals surface area contributed by atoms with Crippen LogP contribution in [0.3, 0.4) is 0 Å². The molecule has 0 aromatic carbocycles. The van der Waals surface area contributed by atoms with Gasteiger partial charge in [-0.2, -0.15) is 5.10 Å². The average Bonchev–Trinajstić information content (AvgIpc) is 2.73. The summed E-state index contributed by atoms with van der Waals surface area (Å²) in [5.74, 6) is 0. The van der Waals surface area contributed by atoms with Crippen molar-refractivity contribution in [2.45, 2.75) is 20.0 Å². The van der Waals surface area contributed by atoms with Crippen molar-refractivity contribution in [1.82, 2.24) is 19.3 Å². The van der Waals surface area contributed by atoms with E-state index in [1.165, 1.54) is 10.8 Å². The fraction of sp³-hybridized carbons (Fsp3) is 0.300. The average molecular weight is 255 g/mol. The Bertz CT molecular complexity index is 640. The zero-order valence-electron chi connectivity index (χ0n) is 9.18. The molecule has 2 rings (SSSR count). The minimum Gasteiger partial charge on any atom is -0.295 e. The predicted molar refractivity (Wildman–Crippen MR) is 63.3 cm³/mol. The molecular weight excluding hydrogens is 244 g/mol. The van der Waals surface area contributed by atoms with Gasteiger partial charge in [-0.05, 0) is 6.92 Å². The number of rotatable bonds is 3. The summed E-state index contributed by atoms with van der Waals surface area (Å²) in [5.41, 5.74) is -0.183. The van der Waals surface area contributed by atoms with Gasteiger partial charge in [0.2, 0.25) is 0 Å². The number of hydrogen-bond acceptors (Lipinski definition) is 3. The van der Waals surface area contributed by atoms with Crippen LogP contribution in [0.2, 0.25) is 5.02 Å². The van der Waals surface area contributed by atoms with E-state index in [0.29, 0.717) is 6.54 Å².